The molecule has 0 radical (unpaired) electrons. The number of carboxylic acid groups (broad SMARTS) is 1. The van der Waals surface area contributed by atoms with Gasteiger partial charge in [-0.1, -0.05) is 30.3 Å². The lowest BCUT2D eigenvalue weighted by molar-refractivity contribution is -0.136. The highest BCUT2D eigenvalue weighted by molar-refractivity contribution is 5.69. The molecule has 3 rings (SSSR count). The van der Waals surface area contributed by atoms with Crippen LogP contribution < -0.4 is 5.56 Å². The van der Waals surface area contributed by atoms with E-state index < -0.39 is 5.97 Å². The minimum absolute atomic E-state index is 0.160. The number of fused-ring (bicyclic) bond motifs is 1. The number of carbonyl (C=O) groups is 1. The first kappa shape index (κ1) is 12.1. The first-order valence-electron chi connectivity index (χ1n) is 5.89. The number of nitrogens with zero attached hydrogens (tertiary/aromatic N) is 3. The minimum atomic E-state index is -1.04. The van der Waals surface area contributed by atoms with Crippen LogP contribution in [0.5, 0.6) is 0 Å². The number of hydrogen-bond donors (Lipinski definition) is 2. The van der Waals surface area contributed by atoms with Gasteiger partial charge in [0, 0.05) is 11.6 Å². The Morgan fingerprint density at radius 2 is 2.00 bits per heavy atom. The van der Waals surface area contributed by atoms with Gasteiger partial charge in [-0.15, -0.1) is 0 Å². The molecule has 20 heavy (non-hydrogen) atoms. The fraction of sp³-hybridized carbons (Fsp3) is 0.0769. The largest absolute Gasteiger partial charge is 0.481 e. The summed E-state index contributed by atoms with van der Waals surface area (Å²) in [6.45, 7) is 0. The van der Waals surface area contributed by atoms with E-state index in [2.05, 4.69) is 15.1 Å². The van der Waals surface area contributed by atoms with Gasteiger partial charge in [0.2, 0.25) is 0 Å². The molecule has 2 heterocycles. The molecule has 0 bridgehead atoms. The van der Waals surface area contributed by atoms with Crippen LogP contribution in [0.4, 0.5) is 0 Å². The van der Waals surface area contributed by atoms with Gasteiger partial charge >= 0.3 is 5.97 Å². The predicted octanol–water partition coefficient (Wildman–Crippen LogP) is 0.712. The molecule has 0 aliphatic rings. The molecular weight excluding hydrogens is 260 g/mol. The number of carboxylic acids is 1. The van der Waals surface area contributed by atoms with E-state index in [0.717, 1.165) is 5.56 Å². The van der Waals surface area contributed by atoms with Crippen molar-refractivity contribution < 1.29 is 9.90 Å². The van der Waals surface area contributed by atoms with E-state index in [0.29, 0.717) is 5.82 Å². The Morgan fingerprint density at radius 3 is 2.70 bits per heavy atom. The third kappa shape index (κ3) is 2.16. The molecule has 7 heteroatoms. The predicted molar refractivity (Wildman–Crippen MR) is 70.4 cm³/mol. The maximum atomic E-state index is 11.9. The number of aromatic nitrogens is 4. The number of nitrogens with one attached hydrogen (secondary N) is 1. The number of aromatic amines is 1. The quantitative estimate of drug-likeness (QED) is 0.730. The number of aliphatic carboxylic acids is 1. The molecule has 0 aliphatic heterocycles. The second-order valence-corrected chi connectivity index (χ2v) is 4.23. The molecule has 1 aromatic carbocycles. The van der Waals surface area contributed by atoms with Crippen molar-refractivity contribution in [2.75, 3.05) is 0 Å². The van der Waals surface area contributed by atoms with Crippen LogP contribution in [0.15, 0.2) is 41.2 Å². The van der Waals surface area contributed by atoms with Crippen molar-refractivity contribution in [3.8, 4) is 11.4 Å². The fourth-order valence-corrected chi connectivity index (χ4v) is 1.90. The number of benzene rings is 1. The summed E-state index contributed by atoms with van der Waals surface area (Å²) in [5, 5.41) is 11.6. The van der Waals surface area contributed by atoms with Gasteiger partial charge in [-0.05, 0) is 0 Å². The van der Waals surface area contributed by atoms with Gasteiger partial charge in [-0.3, -0.25) is 14.7 Å². The first-order chi connectivity index (χ1) is 9.63. The third-order valence-electron chi connectivity index (χ3n) is 2.76. The van der Waals surface area contributed by atoms with Crippen LogP contribution in [0.25, 0.3) is 17.2 Å². The van der Waals surface area contributed by atoms with Gasteiger partial charge in [0.15, 0.2) is 5.82 Å². The van der Waals surface area contributed by atoms with Gasteiger partial charge in [0.25, 0.3) is 11.3 Å². The number of H-pyrrole nitrogens is 1. The Hall–Kier alpha value is -2.96. The van der Waals surface area contributed by atoms with Gasteiger partial charge < -0.3 is 5.11 Å². The van der Waals surface area contributed by atoms with E-state index in [1.54, 1.807) is 0 Å². The summed E-state index contributed by atoms with van der Waals surface area (Å²) in [5.41, 5.74) is 0.617. The van der Waals surface area contributed by atoms with Crippen LogP contribution in [0.3, 0.4) is 0 Å². The van der Waals surface area contributed by atoms with Crippen LogP contribution in [-0.4, -0.2) is 30.7 Å². The first-order valence-corrected chi connectivity index (χ1v) is 5.89. The van der Waals surface area contributed by atoms with Gasteiger partial charge in [0.05, 0.1) is 12.1 Å². The topological polar surface area (TPSA) is 100 Å². The second-order valence-electron chi connectivity index (χ2n) is 4.23. The second kappa shape index (κ2) is 4.61. The number of hydrogen-bond acceptors (Lipinski definition) is 4. The van der Waals surface area contributed by atoms with Crippen LogP contribution >= 0.6 is 0 Å². The Bertz CT molecular complexity index is 836. The lowest BCUT2D eigenvalue weighted by atomic mass is 10.2. The normalized spacial score (nSPS) is 10.8. The monoisotopic (exact) mass is 270 g/mol. The van der Waals surface area contributed by atoms with Crippen molar-refractivity contribution in [2.24, 2.45) is 0 Å². The Morgan fingerprint density at radius 1 is 1.25 bits per heavy atom. The average Bonchev–Trinajstić information content (AvgIpc) is 2.83. The van der Waals surface area contributed by atoms with Crippen LogP contribution in [0.2, 0.25) is 0 Å². The number of rotatable bonds is 3. The summed E-state index contributed by atoms with van der Waals surface area (Å²) in [6, 6.07) is 10.5. The van der Waals surface area contributed by atoms with Crippen molar-refractivity contribution in [3.05, 3.63) is 52.4 Å². The Labute approximate surface area is 112 Å². The zero-order chi connectivity index (χ0) is 14.1. The highest BCUT2D eigenvalue weighted by Gasteiger charge is 2.10. The van der Waals surface area contributed by atoms with Gasteiger partial charge in [-0.25, -0.2) is 4.98 Å². The Kier molecular flexibility index (Phi) is 2.79. The highest BCUT2D eigenvalue weighted by Crippen LogP contribution is 2.14. The van der Waals surface area contributed by atoms with Gasteiger partial charge in [0.1, 0.15) is 0 Å². The maximum absolute atomic E-state index is 11.9. The fourth-order valence-electron chi connectivity index (χ4n) is 1.90. The third-order valence-corrected chi connectivity index (χ3v) is 2.76. The molecule has 0 saturated carbocycles. The van der Waals surface area contributed by atoms with Crippen LogP contribution in [-0.2, 0) is 11.2 Å². The van der Waals surface area contributed by atoms with Crippen molar-refractivity contribution in [1.82, 2.24) is 19.6 Å². The molecule has 0 spiro atoms. The van der Waals surface area contributed by atoms with E-state index in [1.807, 2.05) is 30.3 Å². The zero-order valence-electron chi connectivity index (χ0n) is 10.3. The van der Waals surface area contributed by atoms with Crippen molar-refractivity contribution >= 4 is 11.7 Å². The van der Waals surface area contributed by atoms with Crippen LogP contribution in [0.1, 0.15) is 5.69 Å². The van der Waals surface area contributed by atoms with E-state index in [4.69, 9.17) is 5.11 Å². The molecule has 7 nitrogen and oxygen atoms in total. The van der Waals surface area contributed by atoms with E-state index in [-0.39, 0.29) is 23.5 Å². The molecule has 100 valence electrons. The smallest absolute Gasteiger partial charge is 0.309 e. The van der Waals surface area contributed by atoms with E-state index >= 15 is 0 Å². The van der Waals surface area contributed by atoms with Gasteiger partial charge in [-0.2, -0.15) is 9.50 Å². The minimum Gasteiger partial charge on any atom is -0.481 e. The summed E-state index contributed by atoms with van der Waals surface area (Å²) in [7, 11) is 0. The molecule has 0 atom stereocenters. The standard InChI is InChI=1S/C13H10N4O3/c18-10-6-9(7-11(19)20)14-13-15-12(16-17(10)13)8-4-2-1-3-5-8/h1-6H,7H2,(H,19,20)(H,14,15,16). The molecule has 0 fully saturated rings. The lowest BCUT2D eigenvalue weighted by Gasteiger charge is -1.95. The molecular formula is C13H10N4O3. The Balaban J connectivity index is 2.14. The zero-order valence-corrected chi connectivity index (χ0v) is 10.3. The molecule has 0 unspecified atom stereocenters. The summed E-state index contributed by atoms with van der Waals surface area (Å²) in [4.78, 5) is 30.8. The van der Waals surface area contributed by atoms with E-state index in [9.17, 15) is 9.59 Å². The van der Waals surface area contributed by atoms with Crippen LogP contribution in [0, 0.1) is 0 Å². The summed E-state index contributed by atoms with van der Waals surface area (Å²) in [5.74, 6) is -0.379. The van der Waals surface area contributed by atoms with E-state index in [1.165, 1.54) is 10.6 Å². The molecule has 0 aliphatic carbocycles. The summed E-state index contributed by atoms with van der Waals surface area (Å²) < 4.78 is 1.19. The summed E-state index contributed by atoms with van der Waals surface area (Å²) in [6.07, 6.45) is -0.306. The molecule has 3 aromatic rings. The highest BCUT2D eigenvalue weighted by atomic mass is 16.4. The molecule has 0 amide bonds. The van der Waals surface area contributed by atoms with Crippen molar-refractivity contribution in [1.29, 1.82) is 0 Å². The van der Waals surface area contributed by atoms with Crippen molar-refractivity contribution in [2.45, 2.75) is 6.42 Å². The van der Waals surface area contributed by atoms with Crippen molar-refractivity contribution in [3.63, 3.8) is 0 Å². The lowest BCUT2D eigenvalue weighted by Crippen LogP contribution is -2.17. The average molecular weight is 270 g/mol. The molecule has 2 aromatic heterocycles. The SMILES string of the molecule is O=C(O)Cc1cc(=O)n2[nH]c(-c3ccccc3)nc2n1. The summed E-state index contributed by atoms with van der Waals surface area (Å²) >= 11 is 0. The maximum Gasteiger partial charge on any atom is 0.309 e. The molecule has 2 N–H and O–H groups in total. The molecule has 0 saturated heterocycles.